The molecule has 35 valence electrons. The fraction of sp³-hybridized carbons (Fsp3) is 0.333. The van der Waals surface area contributed by atoms with Crippen LogP contribution in [0.25, 0.3) is 0 Å². The van der Waals surface area contributed by atoms with Crippen LogP contribution in [0.3, 0.4) is 0 Å². The fourth-order valence-electron chi connectivity index (χ4n) is 0.0639. The lowest BCUT2D eigenvalue weighted by Crippen LogP contribution is -1.82. The Balaban J connectivity index is 2.83. The normalized spacial score (nSPS) is 8.33. The molecule has 0 aliphatic rings. The van der Waals surface area contributed by atoms with E-state index >= 15 is 0 Å². The van der Waals surface area contributed by atoms with Gasteiger partial charge in [0.1, 0.15) is 6.61 Å². The van der Waals surface area contributed by atoms with Crippen LogP contribution in [-0.2, 0) is 10.1 Å². The Bertz CT molecular complexity index is 52.8. The van der Waals surface area contributed by atoms with Gasteiger partial charge in [-0.05, 0) is 5.26 Å². The van der Waals surface area contributed by atoms with Gasteiger partial charge in [-0.3, -0.25) is 0 Å². The molecule has 0 aromatic carbocycles. The second-order valence-corrected chi connectivity index (χ2v) is 1.31. The van der Waals surface area contributed by atoms with Gasteiger partial charge in [0.2, 0.25) is 0 Å². The molecule has 0 unspecified atom stereocenters. The van der Waals surface area contributed by atoms with Crippen molar-refractivity contribution in [3.05, 3.63) is 11.6 Å². The second kappa shape index (κ2) is 3.15. The van der Waals surface area contributed by atoms with Gasteiger partial charge in [-0.15, -0.1) is 0 Å². The van der Waals surface area contributed by atoms with Crippen molar-refractivity contribution < 1.29 is 10.1 Å². The first-order valence-electron chi connectivity index (χ1n) is 1.35. The summed E-state index contributed by atoms with van der Waals surface area (Å²) in [4.78, 5) is 3.32. The van der Waals surface area contributed by atoms with Crippen molar-refractivity contribution in [2.24, 2.45) is 0 Å². The minimum atomic E-state index is -0.110. The first kappa shape index (κ1) is 5.95. The van der Waals surface area contributed by atoms with Crippen LogP contribution < -0.4 is 0 Å². The summed E-state index contributed by atoms with van der Waals surface area (Å²) in [6.07, 6.45) is 0. The van der Waals surface area contributed by atoms with Gasteiger partial charge in [0.05, 0.1) is 0 Å². The van der Waals surface area contributed by atoms with Gasteiger partial charge >= 0.3 is 0 Å². The number of halogens is 1. The fourth-order valence-corrected chi connectivity index (χ4v) is 0.108. The van der Waals surface area contributed by atoms with E-state index in [1.807, 2.05) is 0 Å². The summed E-state index contributed by atoms with van der Waals surface area (Å²) in [6, 6.07) is 0. The highest BCUT2D eigenvalue weighted by atomic mass is 35.5. The standard InChI is InChI=1S/C3H4ClO2/c1-3(4)2-6-5/h1-2H2. The number of hydrogen-bond donors (Lipinski definition) is 0. The first-order valence-corrected chi connectivity index (χ1v) is 1.73. The number of rotatable bonds is 2. The van der Waals surface area contributed by atoms with Crippen LogP contribution >= 0.6 is 11.6 Å². The summed E-state index contributed by atoms with van der Waals surface area (Å²) in [7, 11) is 0. The summed E-state index contributed by atoms with van der Waals surface area (Å²) < 4.78 is 0. The minimum Gasteiger partial charge on any atom is -0.198 e. The lowest BCUT2D eigenvalue weighted by atomic mass is 10.7. The molecule has 3 heteroatoms. The van der Waals surface area contributed by atoms with Gasteiger partial charge in [-0.25, -0.2) is 0 Å². The molecule has 1 radical (unpaired) electrons. The zero-order valence-electron chi connectivity index (χ0n) is 3.11. The van der Waals surface area contributed by atoms with E-state index in [-0.39, 0.29) is 11.6 Å². The molecule has 0 N–H and O–H groups in total. The third-order valence-corrected chi connectivity index (χ3v) is 0.325. The third-order valence-electron chi connectivity index (χ3n) is 0.216. The van der Waals surface area contributed by atoms with Crippen molar-refractivity contribution in [2.45, 2.75) is 0 Å². The van der Waals surface area contributed by atoms with E-state index in [0.717, 1.165) is 0 Å². The van der Waals surface area contributed by atoms with Crippen molar-refractivity contribution >= 4 is 11.6 Å². The van der Waals surface area contributed by atoms with Crippen LogP contribution in [0.15, 0.2) is 11.6 Å². The predicted octanol–water partition coefficient (Wildman–Crippen LogP) is 1.10. The summed E-state index contributed by atoms with van der Waals surface area (Å²) in [5.74, 6) is 0. The molecule has 0 aliphatic carbocycles. The first-order chi connectivity index (χ1) is 2.77. The van der Waals surface area contributed by atoms with Crippen LogP contribution in [0.1, 0.15) is 0 Å². The minimum absolute atomic E-state index is 0.110. The Hall–Kier alpha value is -0.0500. The lowest BCUT2D eigenvalue weighted by Gasteiger charge is -1.82. The molecule has 0 aliphatic heterocycles. The van der Waals surface area contributed by atoms with Crippen LogP contribution in [0.5, 0.6) is 0 Å². The monoisotopic (exact) mass is 107 g/mol. The van der Waals surface area contributed by atoms with Crippen LogP contribution in [0.4, 0.5) is 0 Å². The molecule has 0 amide bonds. The highest BCUT2D eigenvalue weighted by molar-refractivity contribution is 6.29. The van der Waals surface area contributed by atoms with E-state index in [0.29, 0.717) is 0 Å². The number of hydrogen-bond acceptors (Lipinski definition) is 1. The zero-order valence-corrected chi connectivity index (χ0v) is 3.86. The van der Waals surface area contributed by atoms with Gasteiger partial charge in [-0.2, -0.15) is 4.89 Å². The lowest BCUT2D eigenvalue weighted by molar-refractivity contribution is -0.295. The van der Waals surface area contributed by atoms with E-state index in [1.54, 1.807) is 0 Å². The zero-order chi connectivity index (χ0) is 4.99. The van der Waals surface area contributed by atoms with Gasteiger partial charge < -0.3 is 0 Å². The molecule has 0 aromatic heterocycles. The van der Waals surface area contributed by atoms with E-state index < -0.39 is 0 Å². The Morgan fingerprint density at radius 3 is 2.50 bits per heavy atom. The van der Waals surface area contributed by atoms with Crippen LogP contribution in [0.2, 0.25) is 0 Å². The molecular formula is C3H4ClO2. The van der Waals surface area contributed by atoms with E-state index in [4.69, 9.17) is 16.9 Å². The molecular weight excluding hydrogens is 103 g/mol. The van der Waals surface area contributed by atoms with E-state index in [1.165, 1.54) is 0 Å². The molecule has 0 spiro atoms. The maximum absolute atomic E-state index is 9.09. The summed E-state index contributed by atoms with van der Waals surface area (Å²) in [6.45, 7) is 3.08. The van der Waals surface area contributed by atoms with Gasteiger partial charge in [0.25, 0.3) is 0 Å². The molecule has 0 saturated carbocycles. The van der Waals surface area contributed by atoms with Crippen molar-refractivity contribution in [3.8, 4) is 0 Å². The van der Waals surface area contributed by atoms with Gasteiger partial charge in [0.15, 0.2) is 0 Å². The Morgan fingerprint density at radius 2 is 2.50 bits per heavy atom. The Labute approximate surface area is 40.9 Å². The molecule has 0 bridgehead atoms. The molecule has 0 fully saturated rings. The molecule has 2 nitrogen and oxygen atoms in total. The van der Waals surface area contributed by atoms with Crippen molar-refractivity contribution in [2.75, 3.05) is 6.61 Å². The van der Waals surface area contributed by atoms with Crippen molar-refractivity contribution in [1.82, 2.24) is 0 Å². The van der Waals surface area contributed by atoms with E-state index in [9.17, 15) is 0 Å². The average molecular weight is 108 g/mol. The Morgan fingerprint density at radius 1 is 2.00 bits per heavy atom. The Kier molecular flexibility index (Phi) is 3.13. The molecule has 0 atom stereocenters. The predicted molar refractivity (Wildman–Crippen MR) is 21.6 cm³/mol. The van der Waals surface area contributed by atoms with Crippen molar-refractivity contribution in [1.29, 1.82) is 0 Å². The molecule has 0 rings (SSSR count). The topological polar surface area (TPSA) is 29.1 Å². The van der Waals surface area contributed by atoms with E-state index in [2.05, 4.69) is 11.5 Å². The summed E-state index contributed by atoms with van der Waals surface area (Å²) >= 11 is 5.06. The molecule has 0 heterocycles. The SMILES string of the molecule is C=C(Cl)CO[O]. The summed E-state index contributed by atoms with van der Waals surface area (Å²) in [5, 5.41) is 9.32. The van der Waals surface area contributed by atoms with Crippen molar-refractivity contribution in [3.63, 3.8) is 0 Å². The molecule has 0 aromatic rings. The maximum Gasteiger partial charge on any atom is 0.120 e. The molecule has 0 saturated heterocycles. The highest BCUT2D eigenvalue weighted by Crippen LogP contribution is 1.93. The largest absolute Gasteiger partial charge is 0.198 e. The maximum atomic E-state index is 9.09. The average Bonchev–Trinajstić information content (AvgIpc) is 1.35. The quantitative estimate of drug-likeness (QED) is 0.384. The highest BCUT2D eigenvalue weighted by Gasteiger charge is 1.82. The van der Waals surface area contributed by atoms with Gasteiger partial charge in [-0.1, -0.05) is 18.2 Å². The smallest absolute Gasteiger partial charge is 0.120 e. The van der Waals surface area contributed by atoms with Gasteiger partial charge in [0, 0.05) is 5.03 Å². The van der Waals surface area contributed by atoms with Crippen LogP contribution in [-0.4, -0.2) is 6.61 Å². The second-order valence-electron chi connectivity index (χ2n) is 0.779. The van der Waals surface area contributed by atoms with Crippen LogP contribution in [0, 0.1) is 0 Å². The molecule has 6 heavy (non-hydrogen) atoms. The third kappa shape index (κ3) is 3.95. The summed E-state index contributed by atoms with van der Waals surface area (Å²) in [5.41, 5.74) is 0.